The van der Waals surface area contributed by atoms with Crippen molar-refractivity contribution in [2.75, 3.05) is 0 Å². The normalized spacial score (nSPS) is 13.9. The number of carbonyl (C=O) groups is 1. The molecule has 21 heavy (non-hydrogen) atoms. The van der Waals surface area contributed by atoms with Crippen LogP contribution in [-0.4, -0.2) is 16.8 Å². The Labute approximate surface area is 127 Å². The van der Waals surface area contributed by atoms with Gasteiger partial charge < -0.3 is 4.74 Å². The maximum atomic E-state index is 12.2. The van der Waals surface area contributed by atoms with Gasteiger partial charge in [-0.05, 0) is 56.4 Å². The van der Waals surface area contributed by atoms with Gasteiger partial charge >= 0.3 is 5.97 Å². The molecular weight excluding hydrogens is 268 g/mol. The van der Waals surface area contributed by atoms with Gasteiger partial charge in [0.25, 0.3) is 0 Å². The van der Waals surface area contributed by atoms with E-state index in [-0.39, 0.29) is 11.4 Å². The molecule has 0 aliphatic carbocycles. The molecule has 118 valence electrons. The van der Waals surface area contributed by atoms with E-state index in [9.17, 15) is 10.1 Å². The molecule has 0 bridgehead atoms. The lowest BCUT2D eigenvalue weighted by Gasteiger charge is -2.28. The van der Waals surface area contributed by atoms with Crippen LogP contribution >= 0.6 is 0 Å². The molecule has 0 aliphatic heterocycles. The zero-order valence-corrected chi connectivity index (χ0v) is 14.0. The highest BCUT2D eigenvalue weighted by Gasteiger charge is 2.29. The van der Waals surface area contributed by atoms with E-state index in [0.29, 0.717) is 5.56 Å². The second-order valence-corrected chi connectivity index (χ2v) is 7.49. The van der Waals surface area contributed by atoms with Crippen LogP contribution in [0.3, 0.4) is 0 Å². The Morgan fingerprint density at radius 2 is 1.67 bits per heavy atom. The highest BCUT2D eigenvalue weighted by molar-refractivity contribution is 5.90. The summed E-state index contributed by atoms with van der Waals surface area (Å²) in [7, 11) is 0. The Bertz CT molecular complexity index is 507. The van der Waals surface area contributed by atoms with E-state index < -0.39 is 11.7 Å². The van der Waals surface area contributed by atoms with Crippen molar-refractivity contribution in [1.29, 1.82) is 0 Å². The molecule has 0 saturated carbocycles. The third kappa shape index (κ3) is 5.14. The molecule has 1 atom stereocenters. The Balaban J connectivity index is 3.19. The summed E-state index contributed by atoms with van der Waals surface area (Å²) in [6.45, 7) is 13.3. The lowest BCUT2D eigenvalue weighted by molar-refractivity contribution is -0.303. The van der Waals surface area contributed by atoms with Gasteiger partial charge in [0, 0.05) is 0 Å². The maximum Gasteiger partial charge on any atom is 0.338 e. The van der Waals surface area contributed by atoms with Crippen molar-refractivity contribution in [3.8, 4) is 0 Å². The smallest absolute Gasteiger partial charge is 0.338 e. The zero-order valence-electron chi connectivity index (χ0n) is 14.0. The molecule has 4 nitrogen and oxygen atoms in total. The maximum absolute atomic E-state index is 12.2. The summed E-state index contributed by atoms with van der Waals surface area (Å²) in [6.07, 6.45) is -0.515. The van der Waals surface area contributed by atoms with Gasteiger partial charge in [-0.1, -0.05) is 26.8 Å². The number of aryl methyl sites for hydroxylation is 1. The second kappa shape index (κ2) is 6.16. The molecule has 1 aromatic carbocycles. The van der Waals surface area contributed by atoms with E-state index in [1.165, 1.54) is 0 Å². The molecule has 1 aromatic rings. The van der Waals surface area contributed by atoms with Crippen LogP contribution in [0.15, 0.2) is 18.2 Å². The first-order chi connectivity index (χ1) is 9.44. The molecule has 0 amide bonds. The third-order valence-corrected chi connectivity index (χ3v) is 2.93. The Morgan fingerprint density at radius 1 is 1.10 bits per heavy atom. The summed E-state index contributed by atoms with van der Waals surface area (Å²) in [4.78, 5) is 16.8. The highest BCUT2D eigenvalue weighted by Crippen LogP contribution is 2.36. The molecule has 4 heteroatoms. The largest absolute Gasteiger partial charge is 0.456 e. The van der Waals surface area contributed by atoms with Gasteiger partial charge in [0.15, 0.2) is 0 Å². The average molecular weight is 294 g/mol. The fraction of sp³-hybridized carbons (Fsp3) is 0.588. The topological polar surface area (TPSA) is 55.8 Å². The van der Waals surface area contributed by atoms with Gasteiger partial charge in [-0.25, -0.2) is 9.68 Å². The molecule has 0 aliphatic rings. The molecule has 1 unspecified atom stereocenters. The van der Waals surface area contributed by atoms with Crippen molar-refractivity contribution in [3.63, 3.8) is 0 Å². The minimum absolute atomic E-state index is 0.298. The quantitative estimate of drug-likeness (QED) is 0.505. The van der Waals surface area contributed by atoms with E-state index >= 15 is 0 Å². The van der Waals surface area contributed by atoms with E-state index in [4.69, 9.17) is 4.74 Å². The van der Waals surface area contributed by atoms with Crippen molar-refractivity contribution in [1.82, 2.24) is 0 Å². The third-order valence-electron chi connectivity index (χ3n) is 2.93. The van der Waals surface area contributed by atoms with E-state index in [1.807, 2.05) is 54.5 Å². The standard InChI is InChI=1S/C17H26O4/c1-11-8-12(14(21-19)16(2,3)4)10-13(9-11)15(18)20-17(5,6)7/h8-10,14,19H,1-7H3. The number of esters is 1. The highest BCUT2D eigenvalue weighted by atomic mass is 17.1. The number of benzene rings is 1. The summed E-state index contributed by atoms with van der Waals surface area (Å²) in [5.41, 5.74) is 1.29. The second-order valence-electron chi connectivity index (χ2n) is 7.49. The summed E-state index contributed by atoms with van der Waals surface area (Å²) >= 11 is 0. The monoisotopic (exact) mass is 294 g/mol. The van der Waals surface area contributed by atoms with Crippen LogP contribution in [0.4, 0.5) is 0 Å². The number of hydrogen-bond donors (Lipinski definition) is 1. The molecular formula is C17H26O4. The van der Waals surface area contributed by atoms with Crippen LogP contribution in [0.5, 0.6) is 0 Å². The fourth-order valence-electron chi connectivity index (χ4n) is 2.14. The first-order valence-corrected chi connectivity index (χ1v) is 7.09. The lowest BCUT2D eigenvalue weighted by Crippen LogP contribution is -2.25. The van der Waals surface area contributed by atoms with Crippen molar-refractivity contribution >= 4 is 5.97 Å². The molecule has 1 N–H and O–H groups in total. The van der Waals surface area contributed by atoms with Gasteiger partial charge in [0.2, 0.25) is 0 Å². The van der Waals surface area contributed by atoms with Crippen LogP contribution in [0.2, 0.25) is 0 Å². The average Bonchev–Trinajstić information content (AvgIpc) is 2.24. The van der Waals surface area contributed by atoms with Crippen molar-refractivity contribution < 1.29 is 19.7 Å². The first-order valence-electron chi connectivity index (χ1n) is 7.09. The molecule has 0 saturated heterocycles. The predicted octanol–water partition coefficient (Wildman–Crippen LogP) is 4.53. The van der Waals surface area contributed by atoms with Crippen molar-refractivity contribution in [3.05, 3.63) is 34.9 Å². The molecule has 1 rings (SSSR count). The van der Waals surface area contributed by atoms with Crippen LogP contribution in [0.1, 0.15) is 69.1 Å². The summed E-state index contributed by atoms with van der Waals surface area (Å²) in [6, 6.07) is 5.39. The lowest BCUT2D eigenvalue weighted by atomic mass is 9.84. The number of ether oxygens (including phenoxy) is 1. The molecule has 0 aromatic heterocycles. The van der Waals surface area contributed by atoms with Crippen LogP contribution in [-0.2, 0) is 9.62 Å². The van der Waals surface area contributed by atoms with Crippen LogP contribution in [0.25, 0.3) is 0 Å². The molecule has 0 heterocycles. The molecule has 0 radical (unpaired) electrons. The van der Waals surface area contributed by atoms with Gasteiger partial charge in [0.05, 0.1) is 5.56 Å². The minimum Gasteiger partial charge on any atom is -0.456 e. The fourth-order valence-corrected chi connectivity index (χ4v) is 2.14. The van der Waals surface area contributed by atoms with Crippen molar-refractivity contribution in [2.45, 2.75) is 60.2 Å². The predicted molar refractivity (Wildman–Crippen MR) is 82.3 cm³/mol. The van der Waals surface area contributed by atoms with Crippen LogP contribution < -0.4 is 0 Å². The Morgan fingerprint density at radius 3 is 2.10 bits per heavy atom. The van der Waals surface area contributed by atoms with Gasteiger partial charge in [-0.15, -0.1) is 0 Å². The SMILES string of the molecule is Cc1cc(C(=O)OC(C)(C)C)cc(C(OO)C(C)(C)C)c1. The van der Waals surface area contributed by atoms with Crippen molar-refractivity contribution in [2.24, 2.45) is 5.41 Å². The first kappa shape index (κ1) is 17.7. The Hall–Kier alpha value is -1.39. The zero-order chi connectivity index (χ0) is 16.4. The summed E-state index contributed by atoms with van der Waals surface area (Å²) in [5.74, 6) is -0.377. The summed E-state index contributed by atoms with van der Waals surface area (Å²) < 4.78 is 5.39. The van der Waals surface area contributed by atoms with Gasteiger partial charge in [0.1, 0.15) is 11.7 Å². The minimum atomic E-state index is -0.544. The summed E-state index contributed by atoms with van der Waals surface area (Å²) in [5, 5.41) is 9.21. The number of carbonyl (C=O) groups excluding carboxylic acids is 1. The van der Waals surface area contributed by atoms with Gasteiger partial charge in [-0.2, -0.15) is 0 Å². The number of hydrogen-bond acceptors (Lipinski definition) is 4. The van der Waals surface area contributed by atoms with E-state index in [2.05, 4.69) is 4.89 Å². The van der Waals surface area contributed by atoms with E-state index in [1.54, 1.807) is 12.1 Å². The Kier molecular flexibility index (Phi) is 5.18. The molecule has 0 spiro atoms. The molecule has 0 fully saturated rings. The van der Waals surface area contributed by atoms with E-state index in [0.717, 1.165) is 11.1 Å². The number of rotatable bonds is 3. The van der Waals surface area contributed by atoms with Gasteiger partial charge in [-0.3, -0.25) is 5.26 Å². The van der Waals surface area contributed by atoms with Crippen LogP contribution in [0, 0.1) is 12.3 Å².